The number of fused-ring (bicyclic) bond motifs is 3. The number of ether oxygens (including phenoxy) is 2. The molecule has 10 heteroatoms. The molecule has 3 N–H and O–H groups in total. The molecule has 41 heavy (non-hydrogen) atoms. The molecule has 2 saturated heterocycles. The summed E-state index contributed by atoms with van der Waals surface area (Å²) in [6.07, 6.45) is 4.33. The number of morpholine rings is 1. The number of benzene rings is 2. The quantitative estimate of drug-likeness (QED) is 0.384. The predicted molar refractivity (Wildman–Crippen MR) is 150 cm³/mol. The molecular weight excluding hydrogens is 524 g/mol. The minimum Gasteiger partial charge on any atom is -0.486 e. The van der Waals surface area contributed by atoms with Gasteiger partial charge in [-0.25, -0.2) is 4.98 Å². The van der Waals surface area contributed by atoms with Crippen LogP contribution in [0, 0.1) is 6.92 Å². The van der Waals surface area contributed by atoms with Crippen LogP contribution in [-0.2, 0) is 24.3 Å². The highest BCUT2D eigenvalue weighted by Crippen LogP contribution is 2.29. The average molecular weight is 561 g/mol. The summed E-state index contributed by atoms with van der Waals surface area (Å²) in [7, 11) is 0. The first-order chi connectivity index (χ1) is 20.0. The zero-order chi connectivity index (χ0) is 28.3. The minimum atomic E-state index is -0.765. The molecule has 2 aromatic carbocycles. The number of aliphatic hydroxyl groups is 1. The van der Waals surface area contributed by atoms with Crippen molar-refractivity contribution in [2.45, 2.75) is 70.0 Å². The lowest BCUT2D eigenvalue weighted by Gasteiger charge is -2.45. The smallest absolute Gasteiger partial charge is 0.254 e. The van der Waals surface area contributed by atoms with E-state index in [4.69, 9.17) is 13.9 Å². The van der Waals surface area contributed by atoms with E-state index in [2.05, 4.69) is 15.6 Å². The van der Waals surface area contributed by atoms with Crippen LogP contribution in [0.25, 0.3) is 0 Å². The first-order valence-electron chi connectivity index (χ1n) is 14.3. The molecule has 3 aromatic rings. The summed E-state index contributed by atoms with van der Waals surface area (Å²) in [4.78, 5) is 32.1. The van der Waals surface area contributed by atoms with E-state index in [1.165, 1.54) is 6.39 Å². The fourth-order valence-electron chi connectivity index (χ4n) is 6.01. The normalized spacial score (nSPS) is 22.5. The maximum Gasteiger partial charge on any atom is 0.254 e. The number of aryl methyl sites for hydroxylation is 1. The zero-order valence-electron chi connectivity index (χ0n) is 23.2. The molecule has 6 rings (SSSR count). The van der Waals surface area contributed by atoms with Gasteiger partial charge in [-0.05, 0) is 80.1 Å². The number of hydrogen-bond donors (Lipinski definition) is 3. The van der Waals surface area contributed by atoms with Crippen molar-refractivity contribution in [2.75, 3.05) is 19.8 Å². The van der Waals surface area contributed by atoms with Gasteiger partial charge in [0.05, 0.1) is 37.1 Å². The summed E-state index contributed by atoms with van der Waals surface area (Å²) in [5, 5.41) is 17.0. The molecule has 3 aliphatic rings. The summed E-state index contributed by atoms with van der Waals surface area (Å²) in [6, 6.07) is 12.8. The van der Waals surface area contributed by atoms with E-state index >= 15 is 0 Å². The van der Waals surface area contributed by atoms with Gasteiger partial charge < -0.3 is 34.5 Å². The molecule has 3 aliphatic heterocycles. The van der Waals surface area contributed by atoms with Crippen LogP contribution < -0.4 is 15.4 Å². The van der Waals surface area contributed by atoms with E-state index in [1.807, 2.05) is 30.0 Å². The molecule has 4 heterocycles. The highest BCUT2D eigenvalue weighted by atomic mass is 16.5. The second-order valence-corrected chi connectivity index (χ2v) is 11.1. The van der Waals surface area contributed by atoms with Gasteiger partial charge in [-0.1, -0.05) is 6.07 Å². The first kappa shape index (κ1) is 27.4. The molecule has 0 radical (unpaired) electrons. The van der Waals surface area contributed by atoms with Crippen molar-refractivity contribution in [3.8, 4) is 5.75 Å². The lowest BCUT2D eigenvalue weighted by molar-refractivity contribution is -0.0565. The Balaban J connectivity index is 0.993. The molecule has 0 saturated carbocycles. The lowest BCUT2D eigenvalue weighted by Crippen LogP contribution is -2.57. The number of nitrogens with zero attached hydrogens (tertiary/aromatic N) is 2. The van der Waals surface area contributed by atoms with Crippen LogP contribution in [0.5, 0.6) is 5.75 Å². The molecule has 0 spiro atoms. The molecule has 2 amide bonds. The Labute approximate surface area is 239 Å². The van der Waals surface area contributed by atoms with Crippen molar-refractivity contribution in [1.82, 2.24) is 20.5 Å². The fourth-order valence-corrected chi connectivity index (χ4v) is 6.01. The van der Waals surface area contributed by atoms with Gasteiger partial charge in [0, 0.05) is 30.3 Å². The third-order valence-corrected chi connectivity index (χ3v) is 8.43. The van der Waals surface area contributed by atoms with E-state index in [-0.39, 0.29) is 36.5 Å². The zero-order valence-corrected chi connectivity index (χ0v) is 23.2. The molecule has 4 atom stereocenters. The summed E-state index contributed by atoms with van der Waals surface area (Å²) in [5.41, 5.74) is 4.08. The third kappa shape index (κ3) is 6.00. The van der Waals surface area contributed by atoms with Crippen LogP contribution in [0.2, 0.25) is 0 Å². The molecule has 10 nitrogen and oxygen atoms in total. The SMILES string of the molecule is Cc1ncoc1COc1ccc2c(c1)CN[C@H]([C@H](O)CNC(=O)c1ccc(C(=O)N3C4CCCC3COC4)cc1)C2. The minimum absolute atomic E-state index is 0.00219. The van der Waals surface area contributed by atoms with E-state index in [0.717, 1.165) is 41.8 Å². The molecule has 216 valence electrons. The Morgan fingerprint density at radius 3 is 2.61 bits per heavy atom. The van der Waals surface area contributed by atoms with Crippen LogP contribution >= 0.6 is 0 Å². The summed E-state index contributed by atoms with van der Waals surface area (Å²) >= 11 is 0. The van der Waals surface area contributed by atoms with E-state index in [9.17, 15) is 14.7 Å². The molecule has 0 aliphatic carbocycles. The van der Waals surface area contributed by atoms with E-state index in [0.29, 0.717) is 49.7 Å². The lowest BCUT2D eigenvalue weighted by atomic mass is 9.92. The van der Waals surface area contributed by atoms with Gasteiger partial charge in [0.25, 0.3) is 11.8 Å². The number of aromatic nitrogens is 1. The monoisotopic (exact) mass is 560 g/mol. The maximum atomic E-state index is 13.2. The topological polar surface area (TPSA) is 126 Å². The van der Waals surface area contributed by atoms with Gasteiger partial charge in [-0.3, -0.25) is 9.59 Å². The van der Waals surface area contributed by atoms with Crippen molar-refractivity contribution >= 4 is 11.8 Å². The van der Waals surface area contributed by atoms with Crippen LogP contribution in [0.4, 0.5) is 0 Å². The van der Waals surface area contributed by atoms with Gasteiger partial charge in [0.1, 0.15) is 12.4 Å². The highest BCUT2D eigenvalue weighted by molar-refractivity contribution is 5.98. The largest absolute Gasteiger partial charge is 0.486 e. The van der Waals surface area contributed by atoms with Crippen LogP contribution in [0.1, 0.15) is 62.6 Å². The molecule has 1 aromatic heterocycles. The number of nitrogens with one attached hydrogen (secondary N) is 2. The number of oxazole rings is 1. The number of hydrogen-bond acceptors (Lipinski definition) is 8. The molecule has 2 unspecified atom stereocenters. The molecule has 2 fully saturated rings. The van der Waals surface area contributed by atoms with Crippen LogP contribution in [-0.4, -0.2) is 70.8 Å². The molecule has 2 bridgehead atoms. The number of carbonyl (C=O) groups is 2. The number of amides is 2. The second kappa shape index (κ2) is 12.0. The summed E-state index contributed by atoms with van der Waals surface area (Å²) in [6.45, 7) is 4.07. The van der Waals surface area contributed by atoms with Crippen molar-refractivity contribution in [3.63, 3.8) is 0 Å². The fraction of sp³-hybridized carbons (Fsp3) is 0.452. The van der Waals surface area contributed by atoms with Crippen molar-refractivity contribution in [3.05, 3.63) is 82.6 Å². The predicted octanol–water partition coefficient (Wildman–Crippen LogP) is 2.76. The van der Waals surface area contributed by atoms with Gasteiger partial charge in [0.15, 0.2) is 12.2 Å². The Kier molecular flexibility index (Phi) is 8.04. The van der Waals surface area contributed by atoms with Gasteiger partial charge in [0.2, 0.25) is 0 Å². The van der Waals surface area contributed by atoms with E-state index in [1.54, 1.807) is 24.3 Å². The third-order valence-electron chi connectivity index (χ3n) is 8.43. The van der Waals surface area contributed by atoms with Crippen molar-refractivity contribution in [1.29, 1.82) is 0 Å². The van der Waals surface area contributed by atoms with Gasteiger partial charge in [-0.15, -0.1) is 0 Å². The van der Waals surface area contributed by atoms with Crippen LogP contribution in [0.3, 0.4) is 0 Å². The van der Waals surface area contributed by atoms with Crippen molar-refractivity contribution < 1.29 is 28.6 Å². The maximum absolute atomic E-state index is 13.2. The average Bonchev–Trinajstić information content (AvgIpc) is 3.41. The van der Waals surface area contributed by atoms with E-state index < -0.39 is 6.10 Å². The Morgan fingerprint density at radius 2 is 1.88 bits per heavy atom. The number of rotatable bonds is 8. The Hall–Kier alpha value is -3.73. The second-order valence-electron chi connectivity index (χ2n) is 11.1. The summed E-state index contributed by atoms with van der Waals surface area (Å²) < 4.78 is 16.9. The number of piperidine rings is 1. The van der Waals surface area contributed by atoms with Crippen LogP contribution in [0.15, 0.2) is 53.3 Å². The van der Waals surface area contributed by atoms with Gasteiger partial charge >= 0.3 is 0 Å². The Morgan fingerprint density at radius 1 is 1.12 bits per heavy atom. The highest BCUT2D eigenvalue weighted by Gasteiger charge is 2.38. The number of aliphatic hydroxyl groups excluding tert-OH is 1. The Bertz CT molecular complexity index is 1370. The first-order valence-corrected chi connectivity index (χ1v) is 14.3. The van der Waals surface area contributed by atoms with Crippen molar-refractivity contribution in [2.24, 2.45) is 0 Å². The molecular formula is C31H36N4O6. The number of carbonyl (C=O) groups excluding carboxylic acids is 2. The van der Waals surface area contributed by atoms with Gasteiger partial charge in [-0.2, -0.15) is 0 Å². The standard InChI is InChI=1S/C31H36N4O6/c1-19-29(41-18-34-19)17-40-26-10-9-22-12-27(32-13-23(22)11-26)28(36)14-33-30(37)20-5-7-21(8-6-20)31(38)35-24-3-2-4-25(35)16-39-15-24/h5-11,18,24-25,27-28,32,36H,2-4,12-17H2,1H3,(H,33,37)/t24?,25?,27-,28+/m0/s1. The summed E-state index contributed by atoms with van der Waals surface area (Å²) in [5.74, 6) is 1.16.